The fourth-order valence-electron chi connectivity index (χ4n) is 2.09. The molecule has 3 heteroatoms. The molecule has 2 aliphatic heterocycles. The maximum atomic E-state index is 11.3. The number of carbonyl (C=O) groups is 1. The van der Waals surface area contributed by atoms with Crippen molar-refractivity contribution >= 4 is 5.97 Å². The predicted molar refractivity (Wildman–Crippen MR) is 41.2 cm³/mol. The Bertz CT molecular complexity index is 268. The maximum Gasteiger partial charge on any atom is 0.314 e. The van der Waals surface area contributed by atoms with Gasteiger partial charge in [-0.3, -0.25) is 4.79 Å². The first-order chi connectivity index (χ1) is 5.66. The molecule has 0 unspecified atom stereocenters. The minimum Gasteiger partial charge on any atom is -0.469 e. The third-order valence-electron chi connectivity index (χ3n) is 2.75. The SMILES string of the molecule is C#CC12CC(C(=O)OC)(CO1)C2. The molecule has 1 saturated carbocycles. The number of terminal acetylenes is 1. The molecule has 0 radical (unpaired) electrons. The van der Waals surface area contributed by atoms with Crippen LogP contribution in [0.5, 0.6) is 0 Å². The minimum absolute atomic E-state index is 0.189. The van der Waals surface area contributed by atoms with E-state index in [9.17, 15) is 4.79 Å². The monoisotopic (exact) mass is 166 g/mol. The third-order valence-corrected chi connectivity index (χ3v) is 2.75. The number of fused-ring (bicyclic) bond motifs is 1. The quantitative estimate of drug-likeness (QED) is 0.416. The molecule has 0 N–H and O–H groups in total. The van der Waals surface area contributed by atoms with Gasteiger partial charge in [0.05, 0.1) is 19.1 Å². The Labute approximate surface area is 71.0 Å². The lowest BCUT2D eigenvalue weighted by molar-refractivity contribution is -0.156. The number of ether oxygens (including phenoxy) is 2. The summed E-state index contributed by atoms with van der Waals surface area (Å²) in [5, 5.41) is 0. The van der Waals surface area contributed by atoms with E-state index in [0.717, 1.165) is 0 Å². The fraction of sp³-hybridized carbons (Fsp3) is 0.667. The first kappa shape index (κ1) is 7.63. The largest absolute Gasteiger partial charge is 0.469 e. The zero-order valence-corrected chi connectivity index (χ0v) is 6.92. The van der Waals surface area contributed by atoms with Crippen LogP contribution in [0.2, 0.25) is 0 Å². The topological polar surface area (TPSA) is 35.5 Å². The molecule has 64 valence electrons. The highest BCUT2D eigenvalue weighted by Gasteiger charge is 2.66. The van der Waals surface area contributed by atoms with Crippen LogP contribution in [0.25, 0.3) is 0 Å². The van der Waals surface area contributed by atoms with Crippen molar-refractivity contribution in [3.63, 3.8) is 0 Å². The highest BCUT2D eigenvalue weighted by atomic mass is 16.5. The lowest BCUT2D eigenvalue weighted by Gasteiger charge is -2.38. The van der Waals surface area contributed by atoms with Crippen molar-refractivity contribution in [3.8, 4) is 12.3 Å². The summed E-state index contributed by atoms with van der Waals surface area (Å²) >= 11 is 0. The molecule has 3 nitrogen and oxygen atoms in total. The van der Waals surface area contributed by atoms with Crippen LogP contribution in [-0.4, -0.2) is 25.3 Å². The lowest BCUT2D eigenvalue weighted by atomic mass is 9.63. The predicted octanol–water partition coefficient (Wildman–Crippen LogP) is 0.342. The zero-order valence-electron chi connectivity index (χ0n) is 6.92. The van der Waals surface area contributed by atoms with Gasteiger partial charge in [-0.15, -0.1) is 6.42 Å². The van der Waals surface area contributed by atoms with E-state index < -0.39 is 11.0 Å². The molecule has 3 rings (SSSR count). The van der Waals surface area contributed by atoms with Gasteiger partial charge >= 0.3 is 5.97 Å². The van der Waals surface area contributed by atoms with Gasteiger partial charge in [-0.2, -0.15) is 0 Å². The zero-order chi connectivity index (χ0) is 8.82. The summed E-state index contributed by atoms with van der Waals surface area (Å²) in [6.45, 7) is 0.421. The van der Waals surface area contributed by atoms with Crippen LogP contribution < -0.4 is 0 Å². The van der Waals surface area contributed by atoms with E-state index in [-0.39, 0.29) is 5.97 Å². The van der Waals surface area contributed by atoms with Crippen molar-refractivity contribution < 1.29 is 14.3 Å². The number of carbonyl (C=O) groups excluding carboxylic acids is 1. The second kappa shape index (κ2) is 2.02. The second-order valence-corrected chi connectivity index (χ2v) is 3.55. The molecule has 3 aliphatic rings. The molecule has 0 amide bonds. The van der Waals surface area contributed by atoms with Crippen LogP contribution in [0.3, 0.4) is 0 Å². The van der Waals surface area contributed by atoms with Gasteiger partial charge in [0.15, 0.2) is 0 Å². The van der Waals surface area contributed by atoms with Crippen molar-refractivity contribution in [1.82, 2.24) is 0 Å². The van der Waals surface area contributed by atoms with Crippen LogP contribution in [0, 0.1) is 17.8 Å². The summed E-state index contributed by atoms with van der Waals surface area (Å²) in [6, 6.07) is 0. The Balaban J connectivity index is 2.15. The summed E-state index contributed by atoms with van der Waals surface area (Å²) in [4.78, 5) is 11.3. The van der Waals surface area contributed by atoms with E-state index in [2.05, 4.69) is 10.7 Å². The third kappa shape index (κ3) is 0.683. The van der Waals surface area contributed by atoms with E-state index in [4.69, 9.17) is 11.2 Å². The average Bonchev–Trinajstić information content (AvgIpc) is 2.57. The smallest absolute Gasteiger partial charge is 0.314 e. The summed E-state index contributed by atoms with van der Waals surface area (Å²) in [5.41, 5.74) is -0.866. The van der Waals surface area contributed by atoms with Gasteiger partial charge in [0.1, 0.15) is 5.60 Å². The number of rotatable bonds is 1. The molecule has 3 fully saturated rings. The molecular formula is C9H10O3. The van der Waals surface area contributed by atoms with Gasteiger partial charge in [-0.1, -0.05) is 5.92 Å². The second-order valence-electron chi connectivity index (χ2n) is 3.55. The molecule has 1 aliphatic carbocycles. The van der Waals surface area contributed by atoms with Crippen LogP contribution in [0.1, 0.15) is 12.8 Å². The Morgan fingerprint density at radius 1 is 1.67 bits per heavy atom. The van der Waals surface area contributed by atoms with E-state index in [1.54, 1.807) is 0 Å². The summed E-state index contributed by atoms with van der Waals surface area (Å²) < 4.78 is 10.0. The van der Waals surface area contributed by atoms with Gasteiger partial charge in [-0.25, -0.2) is 0 Å². The van der Waals surface area contributed by atoms with Crippen molar-refractivity contribution in [2.45, 2.75) is 18.4 Å². The number of esters is 1. The Morgan fingerprint density at radius 3 is 2.75 bits per heavy atom. The first-order valence-electron chi connectivity index (χ1n) is 3.87. The Kier molecular flexibility index (Phi) is 1.28. The number of methoxy groups -OCH3 is 1. The van der Waals surface area contributed by atoms with Crippen LogP contribution in [0.15, 0.2) is 0 Å². The van der Waals surface area contributed by atoms with Gasteiger partial charge in [0, 0.05) is 12.8 Å². The van der Waals surface area contributed by atoms with Crippen LogP contribution in [0.4, 0.5) is 0 Å². The van der Waals surface area contributed by atoms with Crippen LogP contribution in [-0.2, 0) is 14.3 Å². The summed E-state index contributed by atoms with van der Waals surface area (Å²) in [6.07, 6.45) is 6.54. The minimum atomic E-state index is -0.450. The average molecular weight is 166 g/mol. The van der Waals surface area contributed by atoms with E-state index in [0.29, 0.717) is 19.4 Å². The molecule has 2 bridgehead atoms. The normalized spacial score (nSPS) is 43.0. The number of hydrogen-bond donors (Lipinski definition) is 0. The van der Waals surface area contributed by atoms with E-state index >= 15 is 0 Å². The van der Waals surface area contributed by atoms with Gasteiger partial charge < -0.3 is 9.47 Å². The molecular weight excluding hydrogens is 156 g/mol. The number of hydrogen-bond acceptors (Lipinski definition) is 3. The van der Waals surface area contributed by atoms with Gasteiger partial charge in [0.25, 0.3) is 0 Å². The van der Waals surface area contributed by atoms with Gasteiger partial charge in [-0.05, 0) is 0 Å². The molecule has 0 aromatic heterocycles. The van der Waals surface area contributed by atoms with E-state index in [1.165, 1.54) is 7.11 Å². The Hall–Kier alpha value is -1.01. The molecule has 0 spiro atoms. The van der Waals surface area contributed by atoms with Gasteiger partial charge in [0.2, 0.25) is 0 Å². The Morgan fingerprint density at radius 2 is 2.33 bits per heavy atom. The fourth-order valence-corrected chi connectivity index (χ4v) is 2.09. The summed E-state index contributed by atoms with van der Waals surface area (Å²) in [7, 11) is 1.39. The molecule has 0 atom stereocenters. The lowest BCUT2D eigenvalue weighted by Crippen LogP contribution is -2.48. The molecule has 2 saturated heterocycles. The molecule has 0 aromatic rings. The van der Waals surface area contributed by atoms with Crippen molar-refractivity contribution in [2.24, 2.45) is 5.41 Å². The highest BCUT2D eigenvalue weighted by Crippen LogP contribution is 2.57. The molecule has 2 heterocycles. The van der Waals surface area contributed by atoms with Crippen molar-refractivity contribution in [1.29, 1.82) is 0 Å². The van der Waals surface area contributed by atoms with Crippen molar-refractivity contribution in [2.75, 3.05) is 13.7 Å². The standard InChI is InChI=1S/C9H10O3/c1-3-9-4-8(5-9,6-12-9)7(10)11-2/h1H,4-6H2,2H3. The van der Waals surface area contributed by atoms with E-state index in [1.807, 2.05) is 0 Å². The molecule has 12 heavy (non-hydrogen) atoms. The highest BCUT2D eigenvalue weighted by molar-refractivity contribution is 5.80. The maximum absolute atomic E-state index is 11.3. The first-order valence-corrected chi connectivity index (χ1v) is 3.87. The molecule has 0 aromatic carbocycles. The van der Waals surface area contributed by atoms with Crippen molar-refractivity contribution in [3.05, 3.63) is 0 Å². The van der Waals surface area contributed by atoms with Crippen LogP contribution >= 0.6 is 0 Å². The summed E-state index contributed by atoms with van der Waals surface area (Å²) in [5.74, 6) is 2.39.